The number of nitrogens with zero attached hydrogens (tertiary/aromatic N) is 1. The van der Waals surface area contributed by atoms with Crippen molar-refractivity contribution in [2.75, 3.05) is 5.32 Å². The van der Waals surface area contributed by atoms with Crippen LogP contribution in [-0.2, 0) is 6.54 Å². The fourth-order valence-electron chi connectivity index (χ4n) is 1.98. The maximum atomic E-state index is 12.1. The SMILES string of the molecule is Cc1cc(C)cc(NC(=O)c2ccnc(CN)c2)c1. The molecule has 1 amide bonds. The Hall–Kier alpha value is -2.20. The third-order valence-electron chi connectivity index (χ3n) is 2.77. The summed E-state index contributed by atoms with van der Waals surface area (Å²) in [6.45, 7) is 4.33. The van der Waals surface area contributed by atoms with E-state index < -0.39 is 0 Å². The van der Waals surface area contributed by atoms with Crippen LogP contribution in [0.1, 0.15) is 27.2 Å². The highest BCUT2D eigenvalue weighted by Crippen LogP contribution is 2.15. The predicted molar refractivity (Wildman–Crippen MR) is 76.0 cm³/mol. The summed E-state index contributed by atoms with van der Waals surface area (Å²) in [4.78, 5) is 16.2. The van der Waals surface area contributed by atoms with E-state index in [4.69, 9.17) is 5.73 Å². The van der Waals surface area contributed by atoms with Crippen LogP contribution in [0.15, 0.2) is 36.5 Å². The molecule has 4 nitrogen and oxygen atoms in total. The molecule has 2 aromatic rings. The zero-order valence-electron chi connectivity index (χ0n) is 11.1. The van der Waals surface area contributed by atoms with Crippen molar-refractivity contribution in [1.82, 2.24) is 4.98 Å². The Bertz CT molecular complexity index is 588. The first-order valence-electron chi connectivity index (χ1n) is 6.13. The highest BCUT2D eigenvalue weighted by molar-refractivity contribution is 6.04. The second-order valence-electron chi connectivity index (χ2n) is 4.57. The normalized spacial score (nSPS) is 10.3. The molecule has 0 bridgehead atoms. The molecule has 0 unspecified atom stereocenters. The Balaban J connectivity index is 2.20. The van der Waals surface area contributed by atoms with Crippen LogP contribution in [0.4, 0.5) is 5.69 Å². The Kier molecular flexibility index (Phi) is 3.92. The van der Waals surface area contributed by atoms with Crippen LogP contribution < -0.4 is 11.1 Å². The lowest BCUT2D eigenvalue weighted by Gasteiger charge is -2.08. The summed E-state index contributed by atoms with van der Waals surface area (Å²) >= 11 is 0. The molecule has 98 valence electrons. The number of benzene rings is 1. The van der Waals surface area contributed by atoms with Crippen molar-refractivity contribution in [1.29, 1.82) is 0 Å². The Morgan fingerprint density at radius 3 is 2.53 bits per heavy atom. The number of nitrogens with two attached hydrogens (primary N) is 1. The summed E-state index contributed by atoms with van der Waals surface area (Å²) in [5.41, 5.74) is 9.82. The number of carbonyl (C=O) groups is 1. The Morgan fingerprint density at radius 2 is 1.89 bits per heavy atom. The van der Waals surface area contributed by atoms with Crippen LogP contribution >= 0.6 is 0 Å². The molecule has 3 N–H and O–H groups in total. The first-order chi connectivity index (χ1) is 9.08. The highest BCUT2D eigenvalue weighted by atomic mass is 16.1. The third-order valence-corrected chi connectivity index (χ3v) is 2.77. The van der Waals surface area contributed by atoms with Crippen molar-refractivity contribution in [3.05, 3.63) is 58.9 Å². The number of anilines is 1. The van der Waals surface area contributed by atoms with Gasteiger partial charge >= 0.3 is 0 Å². The van der Waals surface area contributed by atoms with Crippen molar-refractivity contribution in [3.8, 4) is 0 Å². The topological polar surface area (TPSA) is 68.0 Å². The molecule has 0 radical (unpaired) electrons. The van der Waals surface area contributed by atoms with E-state index in [1.165, 1.54) is 0 Å². The van der Waals surface area contributed by atoms with Gasteiger partial charge in [0.15, 0.2) is 0 Å². The molecule has 0 saturated heterocycles. The van der Waals surface area contributed by atoms with E-state index in [9.17, 15) is 4.79 Å². The zero-order valence-corrected chi connectivity index (χ0v) is 11.1. The molecule has 0 aliphatic rings. The Morgan fingerprint density at radius 1 is 1.21 bits per heavy atom. The number of rotatable bonds is 3. The molecule has 2 rings (SSSR count). The molecule has 19 heavy (non-hydrogen) atoms. The molecule has 1 aromatic carbocycles. The van der Waals surface area contributed by atoms with Gasteiger partial charge in [0.25, 0.3) is 5.91 Å². The van der Waals surface area contributed by atoms with Crippen molar-refractivity contribution in [2.45, 2.75) is 20.4 Å². The number of amides is 1. The number of aryl methyl sites for hydroxylation is 2. The van der Waals surface area contributed by atoms with Gasteiger partial charge in [-0.05, 0) is 49.2 Å². The van der Waals surface area contributed by atoms with Crippen LogP contribution in [-0.4, -0.2) is 10.9 Å². The van der Waals surface area contributed by atoms with Gasteiger partial charge in [-0.15, -0.1) is 0 Å². The first-order valence-corrected chi connectivity index (χ1v) is 6.13. The molecule has 0 aliphatic heterocycles. The lowest BCUT2D eigenvalue weighted by molar-refractivity contribution is 0.102. The summed E-state index contributed by atoms with van der Waals surface area (Å²) in [7, 11) is 0. The lowest BCUT2D eigenvalue weighted by atomic mass is 10.1. The molecule has 0 fully saturated rings. The summed E-state index contributed by atoms with van der Waals surface area (Å²) in [6, 6.07) is 9.33. The number of nitrogens with one attached hydrogen (secondary N) is 1. The minimum Gasteiger partial charge on any atom is -0.325 e. The van der Waals surface area contributed by atoms with Gasteiger partial charge in [0.2, 0.25) is 0 Å². The van der Waals surface area contributed by atoms with E-state index in [0.717, 1.165) is 16.8 Å². The number of carbonyl (C=O) groups excluding carboxylic acids is 1. The van der Waals surface area contributed by atoms with E-state index in [2.05, 4.69) is 16.4 Å². The summed E-state index contributed by atoms with van der Waals surface area (Å²) < 4.78 is 0. The standard InChI is InChI=1S/C15H17N3O/c1-10-5-11(2)7-13(6-10)18-15(19)12-3-4-17-14(8-12)9-16/h3-8H,9,16H2,1-2H3,(H,18,19). The number of pyridine rings is 1. The van der Waals surface area contributed by atoms with E-state index >= 15 is 0 Å². The van der Waals surface area contributed by atoms with Gasteiger partial charge in [-0.1, -0.05) is 6.07 Å². The number of hydrogen-bond acceptors (Lipinski definition) is 3. The lowest BCUT2D eigenvalue weighted by Crippen LogP contribution is -2.13. The van der Waals surface area contributed by atoms with Gasteiger partial charge in [0.1, 0.15) is 0 Å². The molecule has 0 atom stereocenters. The molecule has 4 heteroatoms. The minimum absolute atomic E-state index is 0.151. The van der Waals surface area contributed by atoms with Crippen LogP contribution in [0.3, 0.4) is 0 Å². The molecule has 0 saturated carbocycles. The summed E-state index contributed by atoms with van der Waals surface area (Å²) in [5, 5.41) is 2.88. The van der Waals surface area contributed by atoms with Crippen LogP contribution in [0.25, 0.3) is 0 Å². The van der Waals surface area contributed by atoms with E-state index in [-0.39, 0.29) is 5.91 Å². The fourth-order valence-corrected chi connectivity index (χ4v) is 1.98. The largest absolute Gasteiger partial charge is 0.325 e. The molecule has 1 aromatic heterocycles. The quantitative estimate of drug-likeness (QED) is 0.885. The highest BCUT2D eigenvalue weighted by Gasteiger charge is 2.07. The predicted octanol–water partition coefficient (Wildman–Crippen LogP) is 2.41. The average molecular weight is 255 g/mol. The number of aromatic nitrogens is 1. The van der Waals surface area contributed by atoms with Crippen molar-refractivity contribution in [3.63, 3.8) is 0 Å². The molecule has 0 aliphatic carbocycles. The minimum atomic E-state index is -0.151. The van der Waals surface area contributed by atoms with Crippen molar-refractivity contribution in [2.24, 2.45) is 5.73 Å². The monoisotopic (exact) mass is 255 g/mol. The van der Waals surface area contributed by atoms with Crippen LogP contribution in [0.5, 0.6) is 0 Å². The third kappa shape index (κ3) is 3.39. The van der Waals surface area contributed by atoms with Crippen LogP contribution in [0.2, 0.25) is 0 Å². The van der Waals surface area contributed by atoms with Crippen molar-refractivity contribution >= 4 is 11.6 Å². The maximum Gasteiger partial charge on any atom is 0.255 e. The smallest absolute Gasteiger partial charge is 0.255 e. The molecular weight excluding hydrogens is 238 g/mol. The fraction of sp³-hybridized carbons (Fsp3) is 0.200. The van der Waals surface area contributed by atoms with Gasteiger partial charge in [-0.3, -0.25) is 9.78 Å². The van der Waals surface area contributed by atoms with E-state index in [1.54, 1.807) is 18.3 Å². The second-order valence-corrected chi connectivity index (χ2v) is 4.57. The van der Waals surface area contributed by atoms with E-state index in [0.29, 0.717) is 17.8 Å². The molecule has 0 spiro atoms. The van der Waals surface area contributed by atoms with Crippen LogP contribution in [0, 0.1) is 13.8 Å². The number of hydrogen-bond donors (Lipinski definition) is 2. The Labute approximate surface area is 112 Å². The first kappa shape index (κ1) is 13.2. The van der Waals surface area contributed by atoms with Crippen molar-refractivity contribution < 1.29 is 4.79 Å². The van der Waals surface area contributed by atoms with Gasteiger partial charge in [0, 0.05) is 24.0 Å². The summed E-state index contributed by atoms with van der Waals surface area (Å²) in [5.74, 6) is -0.151. The molecule has 1 heterocycles. The average Bonchev–Trinajstić information content (AvgIpc) is 2.37. The van der Waals surface area contributed by atoms with E-state index in [1.807, 2.05) is 26.0 Å². The maximum absolute atomic E-state index is 12.1. The second kappa shape index (κ2) is 5.63. The summed E-state index contributed by atoms with van der Waals surface area (Å²) in [6.07, 6.45) is 1.60. The molecular formula is C15H17N3O. The van der Waals surface area contributed by atoms with Gasteiger partial charge < -0.3 is 11.1 Å². The van der Waals surface area contributed by atoms with Gasteiger partial charge in [-0.2, -0.15) is 0 Å². The zero-order chi connectivity index (χ0) is 13.8. The van der Waals surface area contributed by atoms with Gasteiger partial charge in [-0.25, -0.2) is 0 Å². The van der Waals surface area contributed by atoms with Gasteiger partial charge in [0.05, 0.1) is 5.69 Å².